The van der Waals surface area contributed by atoms with Crippen molar-refractivity contribution >= 4 is 32.6 Å². The average Bonchev–Trinajstić information content (AvgIpc) is 3.04. The third-order valence-corrected chi connectivity index (χ3v) is 4.84. The van der Waals surface area contributed by atoms with Gasteiger partial charge in [0.2, 0.25) is 0 Å². The van der Waals surface area contributed by atoms with Crippen LogP contribution in [0.1, 0.15) is 0 Å². The molecule has 0 saturated carbocycles. The molecule has 0 radical (unpaired) electrons. The summed E-state index contributed by atoms with van der Waals surface area (Å²) in [5.41, 5.74) is 2.07. The van der Waals surface area contributed by atoms with Crippen LogP contribution in [0.15, 0.2) is 72.8 Å². The van der Waals surface area contributed by atoms with Crippen LogP contribution in [-0.2, 0) is 0 Å². The zero-order valence-electron chi connectivity index (χ0n) is 13.2. The van der Waals surface area contributed by atoms with Crippen molar-refractivity contribution < 1.29 is 9.47 Å². The highest BCUT2D eigenvalue weighted by atomic mass is 16.6. The van der Waals surface area contributed by atoms with Crippen LogP contribution in [0.25, 0.3) is 32.6 Å². The SMILES string of the molecule is c1ccc2cc3c(cc2c1)Oc1ccc2c([nH]c4ccccc42)c1O3. The molecule has 1 aliphatic rings. The molecule has 2 heterocycles. The summed E-state index contributed by atoms with van der Waals surface area (Å²) in [7, 11) is 0. The lowest BCUT2D eigenvalue weighted by molar-refractivity contribution is 0.363. The van der Waals surface area contributed by atoms with Gasteiger partial charge in [-0.15, -0.1) is 0 Å². The van der Waals surface area contributed by atoms with Crippen LogP contribution in [0.3, 0.4) is 0 Å². The lowest BCUT2D eigenvalue weighted by Gasteiger charge is -2.21. The highest BCUT2D eigenvalue weighted by molar-refractivity contribution is 6.10. The number of aromatic amines is 1. The predicted molar refractivity (Wildman–Crippen MR) is 99.9 cm³/mol. The van der Waals surface area contributed by atoms with Gasteiger partial charge >= 0.3 is 0 Å². The molecule has 0 amide bonds. The van der Waals surface area contributed by atoms with E-state index in [4.69, 9.17) is 9.47 Å². The van der Waals surface area contributed by atoms with E-state index < -0.39 is 0 Å². The van der Waals surface area contributed by atoms with E-state index in [1.54, 1.807) is 0 Å². The second-order valence-corrected chi connectivity index (χ2v) is 6.34. The molecule has 0 fully saturated rings. The van der Waals surface area contributed by atoms with Crippen LogP contribution in [0.5, 0.6) is 23.0 Å². The Morgan fingerprint density at radius 1 is 0.600 bits per heavy atom. The van der Waals surface area contributed by atoms with Crippen LogP contribution >= 0.6 is 0 Å². The van der Waals surface area contributed by atoms with E-state index in [1.165, 1.54) is 5.39 Å². The number of para-hydroxylation sites is 1. The number of H-pyrrole nitrogens is 1. The molecular formula is C22H13NO2. The topological polar surface area (TPSA) is 34.2 Å². The third-order valence-electron chi connectivity index (χ3n) is 4.84. The molecule has 118 valence electrons. The summed E-state index contributed by atoms with van der Waals surface area (Å²) >= 11 is 0. The van der Waals surface area contributed by atoms with E-state index in [0.717, 1.165) is 50.2 Å². The van der Waals surface area contributed by atoms with Gasteiger partial charge in [-0.1, -0.05) is 42.5 Å². The van der Waals surface area contributed by atoms with Gasteiger partial charge in [0.25, 0.3) is 0 Å². The minimum atomic E-state index is 0.738. The smallest absolute Gasteiger partial charge is 0.194 e. The second kappa shape index (κ2) is 4.54. The first kappa shape index (κ1) is 12.9. The van der Waals surface area contributed by atoms with E-state index in [0.29, 0.717) is 0 Å². The quantitative estimate of drug-likeness (QED) is 0.352. The van der Waals surface area contributed by atoms with Gasteiger partial charge in [0, 0.05) is 16.3 Å². The normalized spacial score (nSPS) is 12.6. The highest BCUT2D eigenvalue weighted by Gasteiger charge is 2.23. The van der Waals surface area contributed by atoms with Gasteiger partial charge in [0.15, 0.2) is 23.0 Å². The number of hydrogen-bond acceptors (Lipinski definition) is 2. The van der Waals surface area contributed by atoms with Crippen LogP contribution < -0.4 is 9.47 Å². The Balaban J connectivity index is 1.61. The lowest BCUT2D eigenvalue weighted by atomic mass is 10.1. The van der Waals surface area contributed by atoms with Crippen molar-refractivity contribution in [2.75, 3.05) is 0 Å². The van der Waals surface area contributed by atoms with Gasteiger partial charge in [0.1, 0.15) is 0 Å². The molecule has 4 aromatic carbocycles. The number of rotatable bonds is 0. The first-order chi connectivity index (χ1) is 12.4. The summed E-state index contributed by atoms with van der Waals surface area (Å²) in [6.07, 6.45) is 0. The van der Waals surface area contributed by atoms with Gasteiger partial charge in [-0.2, -0.15) is 0 Å². The van der Waals surface area contributed by atoms with Crippen molar-refractivity contribution in [2.24, 2.45) is 0 Å². The Labute approximate surface area is 143 Å². The lowest BCUT2D eigenvalue weighted by Crippen LogP contribution is -1.99. The van der Waals surface area contributed by atoms with E-state index >= 15 is 0 Å². The molecule has 0 saturated heterocycles. The van der Waals surface area contributed by atoms with E-state index in [-0.39, 0.29) is 0 Å². The zero-order valence-corrected chi connectivity index (χ0v) is 13.2. The van der Waals surface area contributed by atoms with E-state index in [1.807, 2.05) is 42.5 Å². The Hall–Kier alpha value is -3.46. The fourth-order valence-corrected chi connectivity index (χ4v) is 3.64. The first-order valence-electron chi connectivity index (χ1n) is 8.29. The molecule has 25 heavy (non-hydrogen) atoms. The standard InChI is InChI=1S/C22H13NO2/c1-2-6-14-12-20-19(11-13(14)5-1)24-18-10-9-16-15-7-3-4-8-17(15)23-21(16)22(18)25-20/h1-12,23H. The Morgan fingerprint density at radius 2 is 1.32 bits per heavy atom. The van der Waals surface area contributed by atoms with Crippen molar-refractivity contribution in [3.8, 4) is 23.0 Å². The third kappa shape index (κ3) is 1.75. The summed E-state index contributed by atoms with van der Waals surface area (Å²) in [5.74, 6) is 2.98. The van der Waals surface area contributed by atoms with Gasteiger partial charge in [-0.3, -0.25) is 0 Å². The Morgan fingerprint density at radius 3 is 2.16 bits per heavy atom. The Kier molecular flexibility index (Phi) is 2.35. The van der Waals surface area contributed by atoms with Gasteiger partial charge < -0.3 is 14.5 Å². The molecule has 0 bridgehead atoms. The maximum Gasteiger partial charge on any atom is 0.194 e. The second-order valence-electron chi connectivity index (χ2n) is 6.34. The van der Waals surface area contributed by atoms with Crippen LogP contribution in [0, 0.1) is 0 Å². The van der Waals surface area contributed by atoms with Crippen molar-refractivity contribution in [1.82, 2.24) is 4.98 Å². The fourth-order valence-electron chi connectivity index (χ4n) is 3.64. The van der Waals surface area contributed by atoms with Gasteiger partial charge in [-0.05, 0) is 41.1 Å². The predicted octanol–water partition coefficient (Wildman–Crippen LogP) is 6.37. The molecule has 1 aliphatic heterocycles. The van der Waals surface area contributed by atoms with Crippen LogP contribution in [0.2, 0.25) is 0 Å². The fraction of sp³-hybridized carbons (Fsp3) is 0. The molecule has 0 aliphatic carbocycles. The van der Waals surface area contributed by atoms with Crippen LogP contribution in [-0.4, -0.2) is 4.98 Å². The van der Waals surface area contributed by atoms with Gasteiger partial charge in [0.05, 0.1) is 5.52 Å². The summed E-state index contributed by atoms with van der Waals surface area (Å²) < 4.78 is 12.4. The molecule has 5 aromatic rings. The number of benzene rings is 4. The maximum absolute atomic E-state index is 6.27. The Bertz CT molecular complexity index is 1300. The van der Waals surface area contributed by atoms with Crippen molar-refractivity contribution in [1.29, 1.82) is 0 Å². The highest BCUT2D eigenvalue weighted by Crippen LogP contribution is 2.50. The number of hydrogen-bond donors (Lipinski definition) is 1. The van der Waals surface area contributed by atoms with Gasteiger partial charge in [-0.25, -0.2) is 0 Å². The average molecular weight is 323 g/mol. The molecule has 1 aromatic heterocycles. The molecule has 0 unspecified atom stereocenters. The minimum absolute atomic E-state index is 0.738. The molecule has 3 heteroatoms. The minimum Gasteiger partial charge on any atom is -0.449 e. The number of ether oxygens (including phenoxy) is 2. The van der Waals surface area contributed by atoms with E-state index in [9.17, 15) is 0 Å². The molecule has 3 nitrogen and oxygen atoms in total. The molecule has 0 atom stereocenters. The largest absolute Gasteiger partial charge is 0.449 e. The summed E-state index contributed by atoms with van der Waals surface area (Å²) in [5, 5.41) is 4.60. The maximum atomic E-state index is 6.27. The number of fused-ring (bicyclic) bond motifs is 7. The number of aromatic nitrogens is 1. The van der Waals surface area contributed by atoms with E-state index in [2.05, 4.69) is 35.3 Å². The summed E-state index contributed by atoms with van der Waals surface area (Å²) in [4.78, 5) is 3.47. The van der Waals surface area contributed by atoms with Crippen molar-refractivity contribution in [3.05, 3.63) is 72.8 Å². The number of nitrogens with one attached hydrogen (secondary N) is 1. The molecule has 1 N–H and O–H groups in total. The summed E-state index contributed by atoms with van der Waals surface area (Å²) in [6, 6.07) is 24.6. The summed E-state index contributed by atoms with van der Waals surface area (Å²) in [6.45, 7) is 0. The molecule has 6 rings (SSSR count). The van der Waals surface area contributed by atoms with Crippen molar-refractivity contribution in [3.63, 3.8) is 0 Å². The first-order valence-corrected chi connectivity index (χ1v) is 8.29. The van der Waals surface area contributed by atoms with Crippen LogP contribution in [0.4, 0.5) is 0 Å². The zero-order chi connectivity index (χ0) is 16.4. The monoisotopic (exact) mass is 323 g/mol. The molecular weight excluding hydrogens is 310 g/mol. The van der Waals surface area contributed by atoms with Crippen molar-refractivity contribution in [2.45, 2.75) is 0 Å². The molecule has 0 spiro atoms.